The highest BCUT2D eigenvalue weighted by molar-refractivity contribution is 7.92. The lowest BCUT2D eigenvalue weighted by Crippen LogP contribution is -2.35. The van der Waals surface area contributed by atoms with Crippen LogP contribution in [0.4, 0.5) is 11.4 Å². The van der Waals surface area contributed by atoms with Gasteiger partial charge in [0, 0.05) is 17.9 Å². The van der Waals surface area contributed by atoms with Crippen molar-refractivity contribution in [3.05, 3.63) is 77.2 Å². The Morgan fingerprint density at radius 1 is 1.10 bits per heavy atom. The fourth-order valence-electron chi connectivity index (χ4n) is 3.63. The van der Waals surface area contributed by atoms with Gasteiger partial charge in [-0.2, -0.15) is 0 Å². The van der Waals surface area contributed by atoms with Gasteiger partial charge in [-0.05, 0) is 79.8 Å². The van der Waals surface area contributed by atoms with Gasteiger partial charge in [-0.15, -0.1) is 0 Å². The molecule has 0 fully saturated rings. The molecule has 1 aromatic heterocycles. The summed E-state index contributed by atoms with van der Waals surface area (Å²) in [6.45, 7) is 4.28. The van der Waals surface area contributed by atoms with Crippen molar-refractivity contribution in [3.8, 4) is 0 Å². The molecule has 2 heterocycles. The molecule has 3 aromatic rings. The zero-order valence-electron chi connectivity index (χ0n) is 16.3. The Hall–Kier alpha value is -3.06. The van der Waals surface area contributed by atoms with E-state index >= 15 is 0 Å². The van der Waals surface area contributed by atoms with E-state index in [4.69, 9.17) is 4.42 Å². The number of hydrogen-bond donors (Lipinski definition) is 1. The summed E-state index contributed by atoms with van der Waals surface area (Å²) in [5, 5.41) is 0. The summed E-state index contributed by atoms with van der Waals surface area (Å²) < 4.78 is 33.7. The molecule has 1 aliphatic rings. The lowest BCUT2D eigenvalue weighted by Gasteiger charge is -2.29. The molecule has 0 atom stereocenters. The zero-order chi connectivity index (χ0) is 20.6. The Kier molecular flexibility index (Phi) is 4.92. The first kappa shape index (κ1) is 19.3. The van der Waals surface area contributed by atoms with Crippen LogP contribution in [0.5, 0.6) is 0 Å². The van der Waals surface area contributed by atoms with Gasteiger partial charge in [0.1, 0.15) is 0 Å². The van der Waals surface area contributed by atoms with Gasteiger partial charge in [0.15, 0.2) is 5.76 Å². The molecule has 0 saturated heterocycles. The van der Waals surface area contributed by atoms with E-state index in [9.17, 15) is 13.2 Å². The topological polar surface area (TPSA) is 79.6 Å². The normalized spacial score (nSPS) is 13.8. The van der Waals surface area contributed by atoms with Crippen LogP contribution in [-0.4, -0.2) is 20.9 Å². The lowest BCUT2D eigenvalue weighted by molar-refractivity contribution is 0.0958. The zero-order valence-corrected chi connectivity index (χ0v) is 17.1. The number of nitrogens with one attached hydrogen (secondary N) is 1. The number of carbonyl (C=O) groups is 1. The molecule has 4 rings (SSSR count). The number of nitrogens with zero attached hydrogens (tertiary/aromatic N) is 1. The average Bonchev–Trinajstić information content (AvgIpc) is 3.23. The molecule has 150 valence electrons. The van der Waals surface area contributed by atoms with E-state index in [0.717, 1.165) is 35.2 Å². The summed E-state index contributed by atoms with van der Waals surface area (Å²) in [6.07, 6.45) is 3.05. The maximum Gasteiger partial charge on any atom is 0.293 e. The first-order valence-corrected chi connectivity index (χ1v) is 10.9. The second-order valence-corrected chi connectivity index (χ2v) is 8.84. The highest BCUT2D eigenvalue weighted by Gasteiger charge is 2.26. The number of anilines is 2. The summed E-state index contributed by atoms with van der Waals surface area (Å²) in [6, 6.07) is 13.8. The maximum atomic E-state index is 12.9. The third-order valence-corrected chi connectivity index (χ3v) is 6.80. The highest BCUT2D eigenvalue weighted by atomic mass is 32.2. The summed E-state index contributed by atoms with van der Waals surface area (Å²) in [5.41, 5.74) is 3.85. The molecule has 1 aliphatic heterocycles. The Morgan fingerprint density at radius 2 is 1.93 bits per heavy atom. The Bertz CT molecular complexity index is 1170. The van der Waals surface area contributed by atoms with E-state index in [1.807, 2.05) is 13.0 Å². The van der Waals surface area contributed by atoms with Gasteiger partial charge in [0.25, 0.3) is 15.9 Å². The molecule has 6 nitrogen and oxygen atoms in total. The summed E-state index contributed by atoms with van der Waals surface area (Å²) in [4.78, 5) is 14.7. The largest absolute Gasteiger partial charge is 0.459 e. The van der Waals surface area contributed by atoms with Crippen LogP contribution < -0.4 is 9.62 Å². The van der Waals surface area contributed by atoms with E-state index in [2.05, 4.69) is 4.72 Å². The van der Waals surface area contributed by atoms with Gasteiger partial charge in [-0.3, -0.25) is 9.52 Å². The highest BCUT2D eigenvalue weighted by Crippen LogP contribution is 2.32. The van der Waals surface area contributed by atoms with Gasteiger partial charge in [0.05, 0.1) is 11.2 Å². The molecule has 0 bridgehead atoms. The first-order chi connectivity index (χ1) is 13.9. The third kappa shape index (κ3) is 3.65. The van der Waals surface area contributed by atoms with E-state index in [0.29, 0.717) is 12.2 Å². The smallest absolute Gasteiger partial charge is 0.293 e. The predicted molar refractivity (Wildman–Crippen MR) is 112 cm³/mol. The minimum atomic E-state index is -3.70. The molecule has 29 heavy (non-hydrogen) atoms. The molecule has 7 heteroatoms. The quantitative estimate of drug-likeness (QED) is 0.696. The van der Waals surface area contributed by atoms with Crippen LogP contribution in [0.1, 0.15) is 33.7 Å². The third-order valence-electron chi connectivity index (χ3n) is 5.27. The van der Waals surface area contributed by atoms with Crippen molar-refractivity contribution in [2.24, 2.45) is 0 Å². The van der Waals surface area contributed by atoms with Gasteiger partial charge >= 0.3 is 0 Å². The number of hydrogen-bond acceptors (Lipinski definition) is 4. The lowest BCUT2D eigenvalue weighted by atomic mass is 10.0. The minimum absolute atomic E-state index is 0.195. The SMILES string of the molecule is Cc1cccc(S(=O)(=O)Nc2ccc3c(c2)CCCN3C(=O)c2ccco2)c1C. The standard InChI is InChI=1S/C22H22N2O4S/c1-15-6-3-9-21(16(15)2)29(26,27)23-18-10-11-19-17(14-18)7-4-12-24(19)22(25)20-8-5-13-28-20/h3,5-6,8-11,13-14,23H,4,7,12H2,1-2H3. The Balaban J connectivity index is 1.63. The fourth-order valence-corrected chi connectivity index (χ4v) is 5.00. The number of carbonyl (C=O) groups excluding carboxylic acids is 1. The first-order valence-electron chi connectivity index (χ1n) is 9.44. The van der Waals surface area contributed by atoms with E-state index in [1.54, 1.807) is 54.3 Å². The van der Waals surface area contributed by atoms with Crippen molar-refractivity contribution >= 4 is 27.3 Å². The maximum absolute atomic E-state index is 12.9. The summed E-state index contributed by atoms with van der Waals surface area (Å²) in [7, 11) is -3.70. The molecule has 0 radical (unpaired) electrons. The monoisotopic (exact) mass is 410 g/mol. The van der Waals surface area contributed by atoms with Crippen molar-refractivity contribution in [1.82, 2.24) is 0 Å². The Morgan fingerprint density at radius 3 is 2.69 bits per heavy atom. The van der Waals surface area contributed by atoms with E-state index < -0.39 is 10.0 Å². The number of benzene rings is 2. The molecule has 0 saturated carbocycles. The predicted octanol–water partition coefficient (Wildman–Crippen LogP) is 4.29. The summed E-state index contributed by atoms with van der Waals surface area (Å²) in [5.74, 6) is 0.0946. The molecule has 2 aromatic carbocycles. The molecular weight excluding hydrogens is 388 g/mol. The number of fused-ring (bicyclic) bond motifs is 1. The number of furan rings is 1. The second-order valence-electron chi connectivity index (χ2n) is 7.18. The van der Waals surface area contributed by atoms with Crippen molar-refractivity contribution in [2.75, 3.05) is 16.2 Å². The average molecular weight is 410 g/mol. The van der Waals surface area contributed by atoms with Crippen molar-refractivity contribution in [1.29, 1.82) is 0 Å². The van der Waals surface area contributed by atoms with Crippen LogP contribution in [0, 0.1) is 13.8 Å². The van der Waals surface area contributed by atoms with Gasteiger partial charge in [-0.25, -0.2) is 8.42 Å². The molecule has 1 amide bonds. The van der Waals surface area contributed by atoms with Gasteiger partial charge in [0.2, 0.25) is 0 Å². The number of rotatable bonds is 4. The van der Waals surface area contributed by atoms with Crippen LogP contribution in [0.15, 0.2) is 64.1 Å². The van der Waals surface area contributed by atoms with Gasteiger partial charge in [-0.1, -0.05) is 12.1 Å². The van der Waals surface area contributed by atoms with Crippen LogP contribution in [-0.2, 0) is 16.4 Å². The number of sulfonamides is 1. The molecular formula is C22H22N2O4S. The van der Waals surface area contributed by atoms with Crippen LogP contribution in [0.3, 0.4) is 0 Å². The Labute approximate surface area is 170 Å². The molecule has 0 aliphatic carbocycles. The van der Waals surface area contributed by atoms with Crippen molar-refractivity contribution < 1.29 is 17.6 Å². The molecule has 0 spiro atoms. The minimum Gasteiger partial charge on any atom is -0.459 e. The van der Waals surface area contributed by atoms with Crippen molar-refractivity contribution in [3.63, 3.8) is 0 Å². The van der Waals surface area contributed by atoms with E-state index in [1.165, 1.54) is 6.26 Å². The molecule has 0 unspecified atom stereocenters. The number of aryl methyl sites for hydroxylation is 2. The van der Waals surface area contributed by atoms with E-state index in [-0.39, 0.29) is 16.6 Å². The van der Waals surface area contributed by atoms with Crippen molar-refractivity contribution in [2.45, 2.75) is 31.6 Å². The van der Waals surface area contributed by atoms with Crippen LogP contribution >= 0.6 is 0 Å². The van der Waals surface area contributed by atoms with Crippen LogP contribution in [0.2, 0.25) is 0 Å². The van der Waals surface area contributed by atoms with Crippen LogP contribution in [0.25, 0.3) is 0 Å². The number of amides is 1. The second kappa shape index (κ2) is 7.40. The molecule has 1 N–H and O–H groups in total. The summed E-state index contributed by atoms with van der Waals surface area (Å²) >= 11 is 0. The fraction of sp³-hybridized carbons (Fsp3) is 0.227. The van der Waals surface area contributed by atoms with Gasteiger partial charge < -0.3 is 9.32 Å².